The van der Waals surface area contributed by atoms with Crippen LogP contribution in [0.2, 0.25) is 0 Å². The first-order valence-electron chi connectivity index (χ1n) is 8.66. The Labute approximate surface area is 166 Å². The Hall–Kier alpha value is -2.55. The monoisotopic (exact) mass is 413 g/mol. The molecule has 2 aromatic carbocycles. The second-order valence-electron chi connectivity index (χ2n) is 7.12. The van der Waals surface area contributed by atoms with Crippen molar-refractivity contribution in [2.24, 2.45) is 0 Å². The highest BCUT2D eigenvalue weighted by molar-refractivity contribution is 7.92. The van der Waals surface area contributed by atoms with Crippen LogP contribution in [-0.4, -0.2) is 34.8 Å². The van der Waals surface area contributed by atoms with Gasteiger partial charge in [-0.1, -0.05) is 0 Å². The maximum Gasteiger partial charge on any atom is 0.185 e. The molecule has 4 aromatic rings. The van der Waals surface area contributed by atoms with Crippen LogP contribution < -0.4 is 5.32 Å². The van der Waals surface area contributed by atoms with Gasteiger partial charge in [0.1, 0.15) is 0 Å². The first-order valence-corrected chi connectivity index (χ1v) is 11.0. The van der Waals surface area contributed by atoms with E-state index in [-0.39, 0.29) is 4.90 Å². The molecule has 0 aliphatic carbocycles. The van der Waals surface area contributed by atoms with Crippen molar-refractivity contribution in [1.29, 1.82) is 0 Å². The van der Waals surface area contributed by atoms with Gasteiger partial charge in [-0.15, -0.1) is 11.3 Å². The summed E-state index contributed by atoms with van der Waals surface area (Å²) in [7, 11) is -3.71. The molecule has 144 valence electrons. The molecule has 0 atom stereocenters. The van der Waals surface area contributed by atoms with Crippen molar-refractivity contribution in [3.8, 4) is 0 Å². The summed E-state index contributed by atoms with van der Waals surface area (Å²) in [5.41, 5.74) is 4.99. The molecule has 8 heteroatoms. The maximum atomic E-state index is 12.9. The molecule has 2 aromatic heterocycles. The summed E-state index contributed by atoms with van der Waals surface area (Å²) in [5, 5.41) is 13.5. The zero-order valence-electron chi connectivity index (χ0n) is 15.4. The van der Waals surface area contributed by atoms with Crippen LogP contribution in [-0.2, 0) is 9.84 Å². The van der Waals surface area contributed by atoms with Crippen LogP contribution in [0.4, 0.5) is 11.4 Å². The number of nitrogens with zero attached hydrogens (tertiary/aromatic N) is 2. The molecular weight excluding hydrogens is 394 g/mol. The molecular formula is C20H19N3O3S2. The topological polar surface area (TPSA) is 92.2 Å². The fraction of sp³-hybridized carbons (Fsp3) is 0.200. The molecule has 4 rings (SSSR count). The molecule has 0 aliphatic rings. The fourth-order valence-electron chi connectivity index (χ4n) is 2.90. The minimum Gasteiger partial charge on any atom is -0.395 e. The number of aliphatic hydroxyl groups is 1. The third-order valence-electron chi connectivity index (χ3n) is 4.74. The Balaban J connectivity index is 1.80. The number of thiazole rings is 1. The van der Waals surface area contributed by atoms with E-state index < -0.39 is 21.2 Å². The van der Waals surface area contributed by atoms with Gasteiger partial charge in [-0.05, 0) is 56.3 Å². The van der Waals surface area contributed by atoms with Crippen molar-refractivity contribution in [1.82, 2.24) is 9.97 Å². The molecule has 0 saturated heterocycles. The summed E-state index contributed by atoms with van der Waals surface area (Å²) in [4.78, 5) is 8.82. The Bertz CT molecular complexity index is 1280. The SMILES string of the molecule is CC(C)(CO)S(=O)(=O)c1ccc2nccc(Nc3ccc4scnc4c3)c2c1. The van der Waals surface area contributed by atoms with Crippen molar-refractivity contribution < 1.29 is 13.5 Å². The fourth-order valence-corrected chi connectivity index (χ4v) is 4.88. The lowest BCUT2D eigenvalue weighted by atomic mass is 10.2. The number of aromatic nitrogens is 2. The highest BCUT2D eigenvalue weighted by atomic mass is 32.2. The van der Waals surface area contributed by atoms with E-state index in [0.29, 0.717) is 10.9 Å². The van der Waals surface area contributed by atoms with E-state index in [4.69, 9.17) is 0 Å². The second kappa shape index (κ2) is 6.80. The average Bonchev–Trinajstić information content (AvgIpc) is 3.15. The summed E-state index contributed by atoms with van der Waals surface area (Å²) < 4.78 is 25.6. The van der Waals surface area contributed by atoms with E-state index in [0.717, 1.165) is 21.6 Å². The predicted octanol–water partition coefficient (Wildman–Crippen LogP) is 4.13. The molecule has 0 bridgehead atoms. The van der Waals surface area contributed by atoms with Crippen molar-refractivity contribution in [2.75, 3.05) is 11.9 Å². The Morgan fingerprint density at radius 1 is 1.07 bits per heavy atom. The molecule has 0 fully saturated rings. The highest BCUT2D eigenvalue weighted by Gasteiger charge is 2.35. The number of hydrogen-bond acceptors (Lipinski definition) is 7. The Morgan fingerprint density at radius 3 is 2.68 bits per heavy atom. The van der Waals surface area contributed by atoms with Crippen LogP contribution in [0.3, 0.4) is 0 Å². The molecule has 6 nitrogen and oxygen atoms in total. The van der Waals surface area contributed by atoms with E-state index in [1.807, 2.05) is 18.2 Å². The van der Waals surface area contributed by atoms with E-state index in [1.165, 1.54) is 19.9 Å². The standard InChI is InChI=1S/C20H19N3O3S2/c1-20(2,11-24)28(25,26)14-4-5-16-15(10-14)17(7-8-21-16)23-13-3-6-19-18(9-13)22-12-27-19/h3-10,12,24H,11H2,1-2H3,(H,21,23). The van der Waals surface area contributed by atoms with E-state index >= 15 is 0 Å². The molecule has 2 N–H and O–H groups in total. The first-order chi connectivity index (χ1) is 13.3. The van der Waals surface area contributed by atoms with Crippen molar-refractivity contribution in [2.45, 2.75) is 23.5 Å². The zero-order valence-corrected chi connectivity index (χ0v) is 17.0. The summed E-state index contributed by atoms with van der Waals surface area (Å²) in [5.74, 6) is 0. The lowest BCUT2D eigenvalue weighted by Gasteiger charge is -2.22. The van der Waals surface area contributed by atoms with Crippen molar-refractivity contribution in [3.05, 3.63) is 54.2 Å². The first kappa shape index (κ1) is 18.8. The van der Waals surface area contributed by atoms with Gasteiger partial charge >= 0.3 is 0 Å². The lowest BCUT2D eigenvalue weighted by Crippen LogP contribution is -2.35. The number of anilines is 2. The number of nitrogens with one attached hydrogen (secondary N) is 1. The quantitative estimate of drug-likeness (QED) is 0.511. The van der Waals surface area contributed by atoms with E-state index in [2.05, 4.69) is 15.3 Å². The smallest absolute Gasteiger partial charge is 0.185 e. The third kappa shape index (κ3) is 3.13. The molecule has 2 heterocycles. The second-order valence-corrected chi connectivity index (χ2v) is 10.6. The molecule has 0 aliphatic heterocycles. The van der Waals surface area contributed by atoms with Gasteiger partial charge in [0.05, 0.1) is 37.5 Å². The van der Waals surface area contributed by atoms with Crippen LogP contribution in [0.15, 0.2) is 59.1 Å². The summed E-state index contributed by atoms with van der Waals surface area (Å²) in [6, 6.07) is 12.5. The number of hydrogen-bond donors (Lipinski definition) is 2. The van der Waals surface area contributed by atoms with Gasteiger partial charge in [0.15, 0.2) is 9.84 Å². The largest absolute Gasteiger partial charge is 0.395 e. The molecule has 0 unspecified atom stereocenters. The summed E-state index contributed by atoms with van der Waals surface area (Å²) in [6.45, 7) is 2.56. The van der Waals surface area contributed by atoms with Crippen LogP contribution in [0, 0.1) is 0 Å². The minimum absolute atomic E-state index is 0.157. The predicted molar refractivity (Wildman–Crippen MR) is 113 cm³/mol. The molecule has 0 saturated carbocycles. The van der Waals surface area contributed by atoms with Gasteiger partial charge in [-0.25, -0.2) is 13.4 Å². The molecule has 0 amide bonds. The Morgan fingerprint density at radius 2 is 1.89 bits per heavy atom. The van der Waals surface area contributed by atoms with Gasteiger partial charge < -0.3 is 10.4 Å². The number of pyridine rings is 1. The lowest BCUT2D eigenvalue weighted by molar-refractivity contribution is 0.258. The number of sulfone groups is 1. The number of aliphatic hydroxyl groups excluding tert-OH is 1. The van der Waals surface area contributed by atoms with Crippen molar-refractivity contribution in [3.63, 3.8) is 0 Å². The highest BCUT2D eigenvalue weighted by Crippen LogP contribution is 2.32. The average molecular weight is 414 g/mol. The number of rotatable bonds is 5. The van der Waals surface area contributed by atoms with Gasteiger partial charge in [-0.3, -0.25) is 4.98 Å². The Kier molecular flexibility index (Phi) is 4.57. The number of fused-ring (bicyclic) bond motifs is 2. The zero-order chi connectivity index (χ0) is 19.9. The minimum atomic E-state index is -3.71. The van der Waals surface area contributed by atoms with Crippen LogP contribution in [0.5, 0.6) is 0 Å². The van der Waals surface area contributed by atoms with E-state index in [1.54, 1.807) is 41.2 Å². The van der Waals surface area contributed by atoms with Gasteiger partial charge in [0.2, 0.25) is 0 Å². The van der Waals surface area contributed by atoms with Crippen LogP contribution in [0.25, 0.3) is 21.1 Å². The van der Waals surface area contributed by atoms with E-state index in [9.17, 15) is 13.5 Å². The normalized spacial score (nSPS) is 12.5. The number of benzene rings is 2. The maximum absolute atomic E-state index is 12.9. The van der Waals surface area contributed by atoms with Gasteiger partial charge in [0, 0.05) is 23.0 Å². The van der Waals surface area contributed by atoms with Gasteiger partial charge in [0.25, 0.3) is 0 Å². The third-order valence-corrected chi connectivity index (χ3v) is 8.01. The van der Waals surface area contributed by atoms with Crippen molar-refractivity contribution >= 4 is 53.7 Å². The van der Waals surface area contributed by atoms with Crippen LogP contribution in [0.1, 0.15) is 13.8 Å². The molecule has 0 spiro atoms. The summed E-state index contributed by atoms with van der Waals surface area (Å²) in [6.07, 6.45) is 1.68. The van der Waals surface area contributed by atoms with Gasteiger partial charge in [-0.2, -0.15) is 0 Å². The molecule has 0 radical (unpaired) electrons. The van der Waals surface area contributed by atoms with Crippen LogP contribution >= 0.6 is 11.3 Å². The summed E-state index contributed by atoms with van der Waals surface area (Å²) >= 11 is 1.58. The molecule has 28 heavy (non-hydrogen) atoms.